The molecule has 0 saturated carbocycles. The van der Waals surface area contributed by atoms with Gasteiger partial charge in [0.1, 0.15) is 6.10 Å². The molecule has 2 aromatic heterocycles. The largest absolute Gasteiger partial charge is 0.382 e. The molecule has 0 fully saturated rings. The Hall–Kier alpha value is -1.26. The molecule has 1 N–H and O–H groups in total. The Kier molecular flexibility index (Phi) is 3.08. The number of hydrogen-bond donors (Lipinski definition) is 1. The number of nitrogens with zero attached hydrogens (tertiary/aromatic N) is 2. The second-order valence-corrected chi connectivity index (χ2v) is 4.01. The summed E-state index contributed by atoms with van der Waals surface area (Å²) < 4.78 is 0.893. The van der Waals surface area contributed by atoms with Crippen molar-refractivity contribution in [1.82, 2.24) is 9.97 Å². The van der Waals surface area contributed by atoms with Crippen LogP contribution >= 0.6 is 15.9 Å². The molecule has 2 heterocycles. The van der Waals surface area contributed by atoms with Gasteiger partial charge in [-0.15, -0.1) is 0 Å². The summed E-state index contributed by atoms with van der Waals surface area (Å²) in [6, 6.07) is 7.24. The Labute approximate surface area is 96.0 Å². The molecule has 76 valence electrons. The number of aromatic nitrogens is 2. The fourth-order valence-corrected chi connectivity index (χ4v) is 1.49. The molecule has 15 heavy (non-hydrogen) atoms. The number of rotatable bonds is 2. The molecule has 1 unspecified atom stereocenters. The second-order valence-electron chi connectivity index (χ2n) is 3.09. The number of aliphatic hydroxyl groups excluding tert-OH is 1. The fraction of sp³-hybridized carbons (Fsp3) is 0.0909. The minimum absolute atomic E-state index is 0.617. The molecule has 0 radical (unpaired) electrons. The molecule has 2 aromatic rings. The molecule has 0 aliphatic carbocycles. The van der Waals surface area contributed by atoms with E-state index in [1.807, 2.05) is 12.1 Å². The van der Waals surface area contributed by atoms with E-state index in [4.69, 9.17) is 0 Å². The Morgan fingerprint density at radius 1 is 1.20 bits per heavy atom. The first-order chi connectivity index (χ1) is 7.27. The van der Waals surface area contributed by atoms with E-state index < -0.39 is 6.10 Å². The third kappa shape index (κ3) is 2.40. The van der Waals surface area contributed by atoms with Crippen molar-refractivity contribution in [2.75, 3.05) is 0 Å². The van der Waals surface area contributed by atoms with Gasteiger partial charge in [0.25, 0.3) is 0 Å². The maximum atomic E-state index is 9.96. The van der Waals surface area contributed by atoms with Gasteiger partial charge in [0.2, 0.25) is 0 Å². The van der Waals surface area contributed by atoms with Crippen LogP contribution in [-0.4, -0.2) is 15.1 Å². The second kappa shape index (κ2) is 4.51. The molecular formula is C11H9BrN2O. The summed E-state index contributed by atoms with van der Waals surface area (Å²) in [6.45, 7) is 0. The standard InChI is InChI=1S/C11H9BrN2O/c12-9-3-4-10(14-7-9)11(15)8-2-1-5-13-6-8/h1-7,11,15H. The highest BCUT2D eigenvalue weighted by atomic mass is 79.9. The number of hydrogen-bond acceptors (Lipinski definition) is 3. The van der Waals surface area contributed by atoms with Crippen molar-refractivity contribution in [3.63, 3.8) is 0 Å². The van der Waals surface area contributed by atoms with Gasteiger partial charge < -0.3 is 5.11 Å². The number of halogens is 1. The van der Waals surface area contributed by atoms with Crippen LogP contribution in [0.4, 0.5) is 0 Å². The summed E-state index contributed by atoms with van der Waals surface area (Å²) >= 11 is 3.29. The summed E-state index contributed by atoms with van der Waals surface area (Å²) in [5.74, 6) is 0. The maximum absolute atomic E-state index is 9.96. The zero-order chi connectivity index (χ0) is 10.7. The summed E-state index contributed by atoms with van der Waals surface area (Å²) in [7, 11) is 0. The normalized spacial score (nSPS) is 12.4. The van der Waals surface area contributed by atoms with E-state index in [1.54, 1.807) is 30.7 Å². The van der Waals surface area contributed by atoms with E-state index in [0.29, 0.717) is 5.69 Å². The van der Waals surface area contributed by atoms with E-state index in [2.05, 4.69) is 25.9 Å². The first kappa shape index (κ1) is 10.3. The molecule has 0 spiro atoms. The highest BCUT2D eigenvalue weighted by Gasteiger charge is 2.10. The Balaban J connectivity index is 2.29. The molecule has 0 aliphatic rings. The van der Waals surface area contributed by atoms with Crippen LogP contribution in [-0.2, 0) is 0 Å². The lowest BCUT2D eigenvalue weighted by molar-refractivity contribution is 0.215. The van der Waals surface area contributed by atoms with Crippen LogP contribution in [0.2, 0.25) is 0 Å². The van der Waals surface area contributed by atoms with Crippen LogP contribution in [0.25, 0.3) is 0 Å². The highest BCUT2D eigenvalue weighted by Crippen LogP contribution is 2.20. The third-order valence-corrected chi connectivity index (χ3v) is 2.50. The summed E-state index contributed by atoms with van der Waals surface area (Å²) in [5.41, 5.74) is 1.36. The molecule has 3 nitrogen and oxygen atoms in total. The van der Waals surface area contributed by atoms with E-state index >= 15 is 0 Å². The van der Waals surface area contributed by atoms with Gasteiger partial charge >= 0.3 is 0 Å². The molecule has 4 heteroatoms. The first-order valence-corrected chi connectivity index (χ1v) is 5.26. The summed E-state index contributed by atoms with van der Waals surface area (Å²) in [6.07, 6.45) is 4.25. The molecule has 0 saturated heterocycles. The van der Waals surface area contributed by atoms with Gasteiger partial charge in [0, 0.05) is 28.6 Å². The molecule has 0 bridgehead atoms. The van der Waals surface area contributed by atoms with Crippen molar-refractivity contribution < 1.29 is 5.11 Å². The summed E-state index contributed by atoms with van der Waals surface area (Å²) in [4.78, 5) is 8.08. The third-order valence-electron chi connectivity index (χ3n) is 2.03. The van der Waals surface area contributed by atoms with Crippen LogP contribution in [0.5, 0.6) is 0 Å². The van der Waals surface area contributed by atoms with Gasteiger partial charge in [-0.2, -0.15) is 0 Å². The van der Waals surface area contributed by atoms with Gasteiger partial charge in [-0.05, 0) is 34.1 Å². The van der Waals surface area contributed by atoms with Crippen LogP contribution in [0.15, 0.2) is 47.3 Å². The fourth-order valence-electron chi connectivity index (χ4n) is 1.26. The van der Waals surface area contributed by atoms with Gasteiger partial charge in [0.05, 0.1) is 5.69 Å². The van der Waals surface area contributed by atoms with E-state index in [9.17, 15) is 5.11 Å². The van der Waals surface area contributed by atoms with Crippen LogP contribution in [0, 0.1) is 0 Å². The van der Waals surface area contributed by atoms with Crippen molar-refractivity contribution in [1.29, 1.82) is 0 Å². The lowest BCUT2D eigenvalue weighted by atomic mass is 10.1. The van der Waals surface area contributed by atoms with Crippen LogP contribution < -0.4 is 0 Å². The zero-order valence-electron chi connectivity index (χ0n) is 7.84. The lowest BCUT2D eigenvalue weighted by Crippen LogP contribution is -2.02. The van der Waals surface area contributed by atoms with Gasteiger partial charge in [-0.1, -0.05) is 6.07 Å². The van der Waals surface area contributed by atoms with Crippen molar-refractivity contribution >= 4 is 15.9 Å². The monoisotopic (exact) mass is 264 g/mol. The lowest BCUT2D eigenvalue weighted by Gasteiger charge is -2.09. The first-order valence-electron chi connectivity index (χ1n) is 4.47. The predicted molar refractivity (Wildman–Crippen MR) is 60.2 cm³/mol. The zero-order valence-corrected chi connectivity index (χ0v) is 9.42. The van der Waals surface area contributed by atoms with Crippen molar-refractivity contribution in [2.24, 2.45) is 0 Å². The molecular weight excluding hydrogens is 256 g/mol. The Morgan fingerprint density at radius 2 is 2.07 bits per heavy atom. The Morgan fingerprint density at radius 3 is 2.67 bits per heavy atom. The molecule has 0 amide bonds. The van der Waals surface area contributed by atoms with Gasteiger partial charge in [0.15, 0.2) is 0 Å². The highest BCUT2D eigenvalue weighted by molar-refractivity contribution is 9.10. The van der Waals surface area contributed by atoms with E-state index in [-0.39, 0.29) is 0 Å². The average molecular weight is 265 g/mol. The minimum atomic E-state index is -0.716. The molecule has 1 atom stereocenters. The minimum Gasteiger partial charge on any atom is -0.382 e. The SMILES string of the molecule is OC(c1cccnc1)c1ccc(Br)cn1. The molecule has 0 aromatic carbocycles. The van der Waals surface area contributed by atoms with Crippen LogP contribution in [0.1, 0.15) is 17.4 Å². The van der Waals surface area contributed by atoms with Gasteiger partial charge in [-0.25, -0.2) is 0 Å². The van der Waals surface area contributed by atoms with Crippen LogP contribution in [0.3, 0.4) is 0 Å². The Bertz CT molecular complexity index is 430. The van der Waals surface area contributed by atoms with Crippen molar-refractivity contribution in [3.05, 3.63) is 58.6 Å². The molecule has 0 aliphatic heterocycles. The van der Waals surface area contributed by atoms with Crippen molar-refractivity contribution in [3.8, 4) is 0 Å². The van der Waals surface area contributed by atoms with E-state index in [1.165, 1.54) is 0 Å². The number of aliphatic hydroxyl groups is 1. The number of pyridine rings is 2. The van der Waals surface area contributed by atoms with Crippen molar-refractivity contribution in [2.45, 2.75) is 6.10 Å². The van der Waals surface area contributed by atoms with Gasteiger partial charge in [-0.3, -0.25) is 9.97 Å². The predicted octanol–water partition coefficient (Wildman–Crippen LogP) is 2.32. The maximum Gasteiger partial charge on any atom is 0.122 e. The molecule has 2 rings (SSSR count). The smallest absolute Gasteiger partial charge is 0.122 e. The average Bonchev–Trinajstić information content (AvgIpc) is 2.30. The summed E-state index contributed by atoms with van der Waals surface area (Å²) in [5, 5.41) is 9.96. The van der Waals surface area contributed by atoms with E-state index in [0.717, 1.165) is 10.0 Å². The quantitative estimate of drug-likeness (QED) is 0.906. The topological polar surface area (TPSA) is 46.0 Å².